The van der Waals surface area contributed by atoms with Crippen molar-refractivity contribution in [3.05, 3.63) is 0 Å². The van der Waals surface area contributed by atoms with Gasteiger partial charge < -0.3 is 4.74 Å². The van der Waals surface area contributed by atoms with Crippen molar-refractivity contribution >= 4 is 5.97 Å². The van der Waals surface area contributed by atoms with Crippen LogP contribution in [-0.4, -0.2) is 12.1 Å². The highest BCUT2D eigenvalue weighted by atomic mass is 16.5. The fraction of sp³-hybridized carbons (Fsp3) is 0.556. The van der Waals surface area contributed by atoms with Crippen LogP contribution < -0.4 is 0 Å². The van der Waals surface area contributed by atoms with E-state index in [2.05, 4.69) is 5.92 Å². The molecule has 0 aromatic carbocycles. The topological polar surface area (TPSA) is 50.1 Å². The van der Waals surface area contributed by atoms with E-state index in [-0.39, 0.29) is 0 Å². The zero-order valence-corrected chi connectivity index (χ0v) is 7.42. The Balaban J connectivity index is 4.28. The zero-order chi connectivity index (χ0) is 9.78. The molecule has 0 aromatic rings. The standard InChI is InChI=1S/C9H11NO2/c1-5-7(2)12-8(11)9(3,4)6-10/h1,7H,2-4H3. The third-order valence-electron chi connectivity index (χ3n) is 1.31. The quantitative estimate of drug-likeness (QED) is 0.454. The fourth-order valence-electron chi connectivity index (χ4n) is 0.388. The van der Waals surface area contributed by atoms with Gasteiger partial charge in [-0.2, -0.15) is 5.26 Å². The number of hydrogen-bond donors (Lipinski definition) is 0. The summed E-state index contributed by atoms with van der Waals surface area (Å²) >= 11 is 0. The van der Waals surface area contributed by atoms with E-state index >= 15 is 0 Å². The van der Waals surface area contributed by atoms with E-state index in [1.807, 2.05) is 6.07 Å². The summed E-state index contributed by atoms with van der Waals surface area (Å²) in [6, 6.07) is 1.83. The Morgan fingerprint density at radius 2 is 2.17 bits per heavy atom. The maximum atomic E-state index is 11.1. The van der Waals surface area contributed by atoms with E-state index < -0.39 is 17.5 Å². The minimum atomic E-state index is -1.12. The molecule has 0 heterocycles. The summed E-state index contributed by atoms with van der Waals surface area (Å²) in [5.41, 5.74) is -1.12. The molecule has 0 aromatic heterocycles. The van der Waals surface area contributed by atoms with Crippen molar-refractivity contribution < 1.29 is 9.53 Å². The number of nitriles is 1. The summed E-state index contributed by atoms with van der Waals surface area (Å²) in [5.74, 6) is 1.65. The molecule has 0 saturated carbocycles. The Labute approximate surface area is 72.3 Å². The number of ether oxygens (including phenoxy) is 1. The van der Waals surface area contributed by atoms with Gasteiger partial charge in [-0.15, -0.1) is 6.42 Å². The lowest BCUT2D eigenvalue weighted by Crippen LogP contribution is -2.27. The van der Waals surface area contributed by atoms with E-state index in [0.717, 1.165) is 0 Å². The van der Waals surface area contributed by atoms with Crippen LogP contribution in [-0.2, 0) is 9.53 Å². The number of nitrogens with zero attached hydrogens (tertiary/aromatic N) is 1. The number of hydrogen-bond acceptors (Lipinski definition) is 3. The third-order valence-corrected chi connectivity index (χ3v) is 1.31. The first-order valence-electron chi connectivity index (χ1n) is 3.52. The van der Waals surface area contributed by atoms with Crippen molar-refractivity contribution in [2.45, 2.75) is 26.9 Å². The second-order valence-electron chi connectivity index (χ2n) is 2.95. The molecular formula is C9H11NO2. The third kappa shape index (κ3) is 2.64. The van der Waals surface area contributed by atoms with E-state index in [0.29, 0.717) is 0 Å². The molecule has 0 amide bonds. The molecule has 0 N–H and O–H groups in total. The minimum absolute atomic E-state index is 0.579. The van der Waals surface area contributed by atoms with Crippen molar-refractivity contribution in [3.63, 3.8) is 0 Å². The molecule has 64 valence electrons. The smallest absolute Gasteiger partial charge is 0.327 e. The Kier molecular flexibility index (Phi) is 3.31. The summed E-state index contributed by atoms with van der Waals surface area (Å²) in [5, 5.41) is 8.55. The lowest BCUT2D eigenvalue weighted by Gasteiger charge is -2.15. The molecule has 0 aliphatic carbocycles. The zero-order valence-electron chi connectivity index (χ0n) is 7.42. The highest BCUT2D eigenvalue weighted by Gasteiger charge is 2.29. The van der Waals surface area contributed by atoms with Gasteiger partial charge in [0.25, 0.3) is 0 Å². The van der Waals surface area contributed by atoms with Gasteiger partial charge in [-0.05, 0) is 20.8 Å². The molecule has 0 radical (unpaired) electrons. The molecule has 0 spiro atoms. The van der Waals surface area contributed by atoms with Crippen molar-refractivity contribution in [1.82, 2.24) is 0 Å². The van der Waals surface area contributed by atoms with Gasteiger partial charge in [0.05, 0.1) is 6.07 Å². The largest absolute Gasteiger partial charge is 0.448 e. The summed E-state index contributed by atoms with van der Waals surface area (Å²) in [6.07, 6.45) is 4.42. The Morgan fingerprint density at radius 1 is 1.67 bits per heavy atom. The van der Waals surface area contributed by atoms with Gasteiger partial charge in [0, 0.05) is 0 Å². The average Bonchev–Trinajstić information content (AvgIpc) is 2.04. The van der Waals surface area contributed by atoms with E-state index in [9.17, 15) is 4.79 Å². The first-order valence-corrected chi connectivity index (χ1v) is 3.52. The van der Waals surface area contributed by atoms with Gasteiger partial charge in [-0.25, -0.2) is 0 Å². The number of carbonyl (C=O) groups is 1. The first-order chi connectivity index (χ1) is 5.44. The summed E-state index contributed by atoms with van der Waals surface area (Å²) in [7, 11) is 0. The molecule has 0 aliphatic heterocycles. The molecule has 0 aliphatic rings. The van der Waals surface area contributed by atoms with Crippen molar-refractivity contribution in [2.75, 3.05) is 0 Å². The van der Waals surface area contributed by atoms with E-state index in [1.165, 1.54) is 13.8 Å². The lowest BCUT2D eigenvalue weighted by atomic mass is 9.96. The van der Waals surface area contributed by atoms with Crippen LogP contribution in [0.15, 0.2) is 0 Å². The maximum absolute atomic E-state index is 11.1. The normalized spacial score (nSPS) is 12.4. The van der Waals surface area contributed by atoms with Gasteiger partial charge in [0.1, 0.15) is 5.41 Å². The minimum Gasteiger partial charge on any atom is -0.448 e. The summed E-state index contributed by atoms with van der Waals surface area (Å²) in [6.45, 7) is 4.54. The number of rotatable bonds is 2. The Hall–Kier alpha value is -1.48. The Morgan fingerprint density at radius 3 is 2.50 bits per heavy atom. The highest BCUT2D eigenvalue weighted by Crippen LogP contribution is 2.16. The predicted octanol–water partition coefficient (Wildman–Crippen LogP) is 1.10. The maximum Gasteiger partial charge on any atom is 0.327 e. The Bertz CT molecular complexity index is 255. The van der Waals surface area contributed by atoms with Crippen LogP contribution in [0, 0.1) is 29.1 Å². The van der Waals surface area contributed by atoms with Crippen LogP contribution in [0.5, 0.6) is 0 Å². The molecule has 3 heteroatoms. The highest BCUT2D eigenvalue weighted by molar-refractivity contribution is 5.79. The summed E-state index contributed by atoms with van der Waals surface area (Å²) in [4.78, 5) is 11.1. The van der Waals surface area contributed by atoms with Gasteiger partial charge in [-0.1, -0.05) is 5.92 Å². The van der Waals surface area contributed by atoms with Gasteiger partial charge in [0.15, 0.2) is 6.10 Å². The average molecular weight is 165 g/mol. The number of carbonyl (C=O) groups excluding carboxylic acids is 1. The molecule has 1 atom stereocenters. The monoisotopic (exact) mass is 165 g/mol. The van der Waals surface area contributed by atoms with Crippen molar-refractivity contribution in [2.24, 2.45) is 5.41 Å². The second-order valence-corrected chi connectivity index (χ2v) is 2.95. The molecule has 0 rings (SSSR count). The predicted molar refractivity (Wildman–Crippen MR) is 43.8 cm³/mol. The lowest BCUT2D eigenvalue weighted by molar-refractivity contribution is -0.153. The van der Waals surface area contributed by atoms with Gasteiger partial charge in [-0.3, -0.25) is 4.79 Å². The molecule has 1 unspecified atom stereocenters. The molecule has 0 bridgehead atoms. The SMILES string of the molecule is C#CC(C)OC(=O)C(C)(C)C#N. The van der Waals surface area contributed by atoms with Crippen LogP contribution in [0.3, 0.4) is 0 Å². The first kappa shape index (κ1) is 10.5. The number of terminal acetylenes is 1. The van der Waals surface area contributed by atoms with Crippen molar-refractivity contribution in [1.29, 1.82) is 5.26 Å². The van der Waals surface area contributed by atoms with Gasteiger partial charge >= 0.3 is 5.97 Å². The second kappa shape index (κ2) is 3.78. The van der Waals surface area contributed by atoms with E-state index in [1.54, 1.807) is 6.92 Å². The number of esters is 1. The molecule has 0 saturated heterocycles. The molecule has 0 fully saturated rings. The molecule has 3 nitrogen and oxygen atoms in total. The van der Waals surface area contributed by atoms with Crippen LogP contribution in [0.1, 0.15) is 20.8 Å². The van der Waals surface area contributed by atoms with Crippen LogP contribution in [0.4, 0.5) is 0 Å². The van der Waals surface area contributed by atoms with Crippen LogP contribution in [0.2, 0.25) is 0 Å². The van der Waals surface area contributed by atoms with Crippen LogP contribution in [0.25, 0.3) is 0 Å². The molecule has 12 heavy (non-hydrogen) atoms. The van der Waals surface area contributed by atoms with E-state index in [4.69, 9.17) is 16.4 Å². The van der Waals surface area contributed by atoms with Crippen molar-refractivity contribution in [3.8, 4) is 18.4 Å². The summed E-state index contributed by atoms with van der Waals surface area (Å²) < 4.78 is 4.76. The van der Waals surface area contributed by atoms with Crippen LogP contribution >= 0.6 is 0 Å². The van der Waals surface area contributed by atoms with Gasteiger partial charge in [0.2, 0.25) is 0 Å². The molecular weight excluding hydrogens is 154 g/mol. The fourth-order valence-corrected chi connectivity index (χ4v) is 0.388.